The normalized spacial score (nSPS) is 9.83. The zero-order chi connectivity index (χ0) is 17.2. The summed E-state index contributed by atoms with van der Waals surface area (Å²) in [5, 5.41) is 11.3. The Morgan fingerprint density at radius 3 is 2.50 bits per heavy atom. The van der Waals surface area contributed by atoms with Crippen LogP contribution in [-0.2, 0) is 11.3 Å². The molecule has 24 heavy (non-hydrogen) atoms. The topological polar surface area (TPSA) is 65.4 Å². The predicted octanol–water partition coefficient (Wildman–Crippen LogP) is 2.73. The molecule has 124 valence electrons. The second kappa shape index (κ2) is 9.21. The van der Waals surface area contributed by atoms with Crippen LogP contribution in [0, 0.1) is 11.3 Å². The Hall–Kier alpha value is -3.00. The summed E-state index contributed by atoms with van der Waals surface area (Å²) < 4.78 is 5.19. The Kier molecular flexibility index (Phi) is 6.66. The number of benzene rings is 2. The second-order valence-electron chi connectivity index (χ2n) is 5.30. The van der Waals surface area contributed by atoms with Crippen LogP contribution in [0.4, 0.5) is 5.69 Å². The van der Waals surface area contributed by atoms with E-state index in [1.54, 1.807) is 7.11 Å². The van der Waals surface area contributed by atoms with Crippen LogP contribution in [0.15, 0.2) is 54.6 Å². The fraction of sp³-hybridized carbons (Fsp3) is 0.263. The van der Waals surface area contributed by atoms with Crippen LogP contribution in [0.1, 0.15) is 12.0 Å². The number of hydrogen-bond acceptors (Lipinski definition) is 4. The van der Waals surface area contributed by atoms with Crippen LogP contribution in [0.3, 0.4) is 0 Å². The molecule has 0 bridgehead atoms. The number of nitrogens with zero attached hydrogens (tertiary/aromatic N) is 2. The largest absolute Gasteiger partial charge is 0.497 e. The number of carbonyl (C=O) groups excluding carboxylic acids is 1. The van der Waals surface area contributed by atoms with E-state index >= 15 is 0 Å². The lowest BCUT2D eigenvalue weighted by Crippen LogP contribution is -2.37. The monoisotopic (exact) mass is 323 g/mol. The zero-order valence-electron chi connectivity index (χ0n) is 13.7. The van der Waals surface area contributed by atoms with E-state index in [0.717, 1.165) is 17.0 Å². The van der Waals surface area contributed by atoms with Crippen LogP contribution < -0.4 is 15.0 Å². The van der Waals surface area contributed by atoms with Gasteiger partial charge in [-0.15, -0.1) is 0 Å². The molecule has 2 aromatic rings. The van der Waals surface area contributed by atoms with Crippen molar-refractivity contribution >= 4 is 11.6 Å². The van der Waals surface area contributed by atoms with Crippen molar-refractivity contribution in [3.63, 3.8) is 0 Å². The smallest absolute Gasteiger partial charge is 0.239 e. The van der Waals surface area contributed by atoms with Gasteiger partial charge in [-0.2, -0.15) is 5.26 Å². The van der Waals surface area contributed by atoms with Crippen molar-refractivity contribution < 1.29 is 9.53 Å². The van der Waals surface area contributed by atoms with Crippen LogP contribution >= 0.6 is 0 Å². The molecule has 0 aliphatic heterocycles. The SMILES string of the molecule is COc1ccc(N(CC(=O)NCCC#N)Cc2ccccc2)cc1. The molecule has 1 N–H and O–H groups in total. The minimum absolute atomic E-state index is 0.100. The van der Waals surface area contributed by atoms with Gasteiger partial charge < -0.3 is 15.0 Å². The maximum atomic E-state index is 12.1. The first kappa shape index (κ1) is 17.4. The number of rotatable bonds is 8. The van der Waals surface area contributed by atoms with Gasteiger partial charge in [0.05, 0.1) is 26.1 Å². The van der Waals surface area contributed by atoms with E-state index in [-0.39, 0.29) is 12.5 Å². The molecule has 0 aliphatic carbocycles. The second-order valence-corrected chi connectivity index (χ2v) is 5.30. The van der Waals surface area contributed by atoms with Crippen molar-refractivity contribution in [2.45, 2.75) is 13.0 Å². The van der Waals surface area contributed by atoms with Gasteiger partial charge in [-0.05, 0) is 29.8 Å². The number of amides is 1. The highest BCUT2D eigenvalue weighted by Crippen LogP contribution is 2.21. The summed E-state index contributed by atoms with van der Waals surface area (Å²) in [6.45, 7) is 1.22. The van der Waals surface area contributed by atoms with Crippen molar-refractivity contribution in [1.82, 2.24) is 5.32 Å². The molecule has 0 radical (unpaired) electrons. The Morgan fingerprint density at radius 1 is 1.17 bits per heavy atom. The van der Waals surface area contributed by atoms with Gasteiger partial charge in [-0.3, -0.25) is 4.79 Å². The van der Waals surface area contributed by atoms with Gasteiger partial charge >= 0.3 is 0 Å². The lowest BCUT2D eigenvalue weighted by Gasteiger charge is -2.24. The highest BCUT2D eigenvalue weighted by Gasteiger charge is 2.12. The van der Waals surface area contributed by atoms with E-state index in [1.165, 1.54) is 0 Å². The molecule has 0 heterocycles. The van der Waals surface area contributed by atoms with E-state index in [0.29, 0.717) is 19.5 Å². The average Bonchev–Trinajstić information content (AvgIpc) is 2.62. The summed E-state index contributed by atoms with van der Waals surface area (Å²) in [6, 6.07) is 19.6. The molecule has 0 atom stereocenters. The van der Waals surface area contributed by atoms with Crippen LogP contribution in [0.25, 0.3) is 0 Å². The summed E-state index contributed by atoms with van der Waals surface area (Å²) in [5.41, 5.74) is 2.06. The molecule has 2 aromatic carbocycles. The van der Waals surface area contributed by atoms with Gasteiger partial charge in [0, 0.05) is 18.8 Å². The van der Waals surface area contributed by atoms with Crippen LogP contribution in [-0.4, -0.2) is 26.1 Å². The zero-order valence-corrected chi connectivity index (χ0v) is 13.7. The quantitative estimate of drug-likeness (QED) is 0.759. The number of nitriles is 1. The maximum absolute atomic E-state index is 12.1. The van der Waals surface area contributed by atoms with Gasteiger partial charge in [-0.25, -0.2) is 0 Å². The standard InChI is InChI=1S/C19H21N3O2/c1-24-18-10-8-17(9-11-18)22(14-16-6-3-2-4-7-16)15-19(23)21-13-5-12-20/h2-4,6-11H,5,13-15H2,1H3,(H,21,23). The number of anilines is 1. The predicted molar refractivity (Wildman–Crippen MR) is 93.7 cm³/mol. The first-order chi connectivity index (χ1) is 11.7. The Balaban J connectivity index is 2.11. The number of methoxy groups -OCH3 is 1. The molecule has 0 aromatic heterocycles. The molecule has 0 spiro atoms. The molecular weight excluding hydrogens is 302 g/mol. The molecule has 0 saturated carbocycles. The first-order valence-corrected chi connectivity index (χ1v) is 7.79. The van der Waals surface area contributed by atoms with E-state index in [4.69, 9.17) is 10.00 Å². The van der Waals surface area contributed by atoms with E-state index in [2.05, 4.69) is 5.32 Å². The van der Waals surface area contributed by atoms with Crippen molar-refractivity contribution in [2.75, 3.05) is 25.1 Å². The summed E-state index contributed by atoms with van der Waals surface area (Å²) in [7, 11) is 1.62. The van der Waals surface area contributed by atoms with Gasteiger partial charge in [0.2, 0.25) is 5.91 Å². The average molecular weight is 323 g/mol. The number of carbonyl (C=O) groups is 1. The third-order valence-electron chi connectivity index (χ3n) is 3.55. The van der Waals surface area contributed by atoms with Crippen LogP contribution in [0.5, 0.6) is 5.75 Å². The summed E-state index contributed by atoms with van der Waals surface area (Å²) in [5.74, 6) is 0.675. The third kappa shape index (κ3) is 5.33. The van der Waals surface area contributed by atoms with Gasteiger partial charge in [0.15, 0.2) is 0 Å². The minimum atomic E-state index is -0.100. The molecular formula is C19H21N3O2. The molecule has 0 unspecified atom stereocenters. The van der Waals surface area contributed by atoms with Gasteiger partial charge in [0.1, 0.15) is 5.75 Å². The summed E-state index contributed by atoms with van der Waals surface area (Å²) in [6.07, 6.45) is 0.312. The highest BCUT2D eigenvalue weighted by atomic mass is 16.5. The third-order valence-corrected chi connectivity index (χ3v) is 3.55. The van der Waals surface area contributed by atoms with Gasteiger partial charge in [0.25, 0.3) is 0 Å². The lowest BCUT2D eigenvalue weighted by atomic mass is 10.2. The Labute approximate surface area is 142 Å². The minimum Gasteiger partial charge on any atom is -0.497 e. The first-order valence-electron chi connectivity index (χ1n) is 7.79. The number of ether oxygens (including phenoxy) is 1. The number of hydrogen-bond donors (Lipinski definition) is 1. The Bertz CT molecular complexity index is 678. The fourth-order valence-corrected chi connectivity index (χ4v) is 2.32. The van der Waals surface area contributed by atoms with Crippen molar-refractivity contribution in [1.29, 1.82) is 5.26 Å². The Morgan fingerprint density at radius 2 is 1.88 bits per heavy atom. The molecule has 0 saturated heterocycles. The van der Waals surface area contributed by atoms with Crippen molar-refractivity contribution in [3.8, 4) is 11.8 Å². The molecule has 2 rings (SSSR count). The molecule has 0 aliphatic rings. The van der Waals surface area contributed by atoms with E-state index in [1.807, 2.05) is 65.6 Å². The number of nitrogens with one attached hydrogen (secondary N) is 1. The van der Waals surface area contributed by atoms with Crippen molar-refractivity contribution in [3.05, 3.63) is 60.2 Å². The molecule has 0 fully saturated rings. The molecule has 5 heteroatoms. The maximum Gasteiger partial charge on any atom is 0.239 e. The fourth-order valence-electron chi connectivity index (χ4n) is 2.32. The molecule has 1 amide bonds. The summed E-state index contributed by atoms with van der Waals surface area (Å²) >= 11 is 0. The highest BCUT2D eigenvalue weighted by molar-refractivity contribution is 5.81. The van der Waals surface area contributed by atoms with E-state index in [9.17, 15) is 4.79 Å². The van der Waals surface area contributed by atoms with Gasteiger partial charge in [-0.1, -0.05) is 30.3 Å². The van der Waals surface area contributed by atoms with E-state index < -0.39 is 0 Å². The summed E-state index contributed by atoms with van der Waals surface area (Å²) in [4.78, 5) is 14.1. The van der Waals surface area contributed by atoms with Crippen LogP contribution in [0.2, 0.25) is 0 Å². The lowest BCUT2D eigenvalue weighted by molar-refractivity contribution is -0.119. The molecule has 5 nitrogen and oxygen atoms in total. The van der Waals surface area contributed by atoms with Crippen molar-refractivity contribution in [2.24, 2.45) is 0 Å².